The van der Waals surface area contributed by atoms with E-state index in [9.17, 15) is 0 Å². The number of rotatable bonds is 11. The molecule has 6 heteroatoms. The number of aliphatic imine (C=N–C) groups is 1. The number of aryl methyl sites for hydroxylation is 1. The van der Waals surface area contributed by atoms with E-state index in [1.807, 2.05) is 7.05 Å². The van der Waals surface area contributed by atoms with Crippen LogP contribution in [0.15, 0.2) is 23.2 Å². The van der Waals surface area contributed by atoms with Gasteiger partial charge in [-0.15, -0.1) is 0 Å². The molecule has 0 saturated carbocycles. The highest BCUT2D eigenvalue weighted by Gasteiger charge is 2.20. The van der Waals surface area contributed by atoms with E-state index < -0.39 is 0 Å². The lowest BCUT2D eigenvalue weighted by Crippen LogP contribution is -2.46. The summed E-state index contributed by atoms with van der Waals surface area (Å²) >= 11 is 0. The lowest BCUT2D eigenvalue weighted by Gasteiger charge is -2.27. The molecule has 1 unspecified atom stereocenters. The second-order valence-corrected chi connectivity index (χ2v) is 7.42. The molecule has 0 radical (unpaired) electrons. The predicted molar refractivity (Wildman–Crippen MR) is 116 cm³/mol. The number of hydrogen-bond donors (Lipinski definition) is 2. The maximum absolute atomic E-state index is 5.98. The summed E-state index contributed by atoms with van der Waals surface area (Å²) in [6.45, 7) is 9.77. The Balaban J connectivity index is 1.86. The Labute approximate surface area is 170 Å². The fourth-order valence-electron chi connectivity index (χ4n) is 3.58. The third-order valence-corrected chi connectivity index (χ3v) is 5.28. The molecule has 2 N–H and O–H groups in total. The molecule has 0 bridgehead atoms. The second kappa shape index (κ2) is 12.6. The number of ether oxygens (including phenoxy) is 2. The maximum atomic E-state index is 5.98. The SMILES string of the molecule is CCC(CNC(=NC)NCc1ccc(C)cc1OCCCOC)N1CCCC1. The topological polar surface area (TPSA) is 58.1 Å². The van der Waals surface area contributed by atoms with Crippen LogP contribution >= 0.6 is 0 Å². The maximum Gasteiger partial charge on any atom is 0.191 e. The molecule has 2 rings (SSSR count). The van der Waals surface area contributed by atoms with Gasteiger partial charge >= 0.3 is 0 Å². The first-order valence-electron chi connectivity index (χ1n) is 10.6. The molecule has 6 nitrogen and oxygen atoms in total. The molecule has 28 heavy (non-hydrogen) atoms. The van der Waals surface area contributed by atoms with Crippen molar-refractivity contribution in [1.82, 2.24) is 15.5 Å². The van der Waals surface area contributed by atoms with Crippen LogP contribution < -0.4 is 15.4 Å². The van der Waals surface area contributed by atoms with Gasteiger partial charge in [0.1, 0.15) is 5.75 Å². The lowest BCUT2D eigenvalue weighted by atomic mass is 10.1. The molecule has 1 aromatic carbocycles. The van der Waals surface area contributed by atoms with Gasteiger partial charge in [-0.2, -0.15) is 0 Å². The average molecular weight is 391 g/mol. The number of methoxy groups -OCH3 is 1. The monoisotopic (exact) mass is 390 g/mol. The molecule has 1 atom stereocenters. The minimum Gasteiger partial charge on any atom is -0.493 e. The van der Waals surface area contributed by atoms with E-state index in [1.54, 1.807) is 7.11 Å². The zero-order chi connectivity index (χ0) is 20.2. The van der Waals surface area contributed by atoms with E-state index in [2.05, 4.69) is 52.6 Å². The van der Waals surface area contributed by atoms with Gasteiger partial charge in [0, 0.05) is 51.9 Å². The molecule has 1 fully saturated rings. The standard InChI is InChI=1S/C22H38N4O2/c1-5-20(26-11-6-7-12-26)17-25-22(23-3)24-16-19-10-9-18(2)15-21(19)28-14-8-13-27-4/h9-10,15,20H,5-8,11-14,16-17H2,1-4H3,(H2,23,24,25). The minimum absolute atomic E-state index is 0.570. The van der Waals surface area contributed by atoms with Gasteiger partial charge in [0.15, 0.2) is 5.96 Å². The Morgan fingerprint density at radius 3 is 2.68 bits per heavy atom. The Kier molecular flexibility index (Phi) is 10.1. The highest BCUT2D eigenvalue weighted by molar-refractivity contribution is 5.79. The van der Waals surface area contributed by atoms with E-state index in [4.69, 9.17) is 9.47 Å². The molecule has 1 heterocycles. The minimum atomic E-state index is 0.570. The van der Waals surface area contributed by atoms with Crippen LogP contribution in [0.2, 0.25) is 0 Å². The Bertz CT molecular complexity index is 600. The van der Waals surface area contributed by atoms with Gasteiger partial charge in [0.25, 0.3) is 0 Å². The number of likely N-dealkylation sites (tertiary alicyclic amines) is 1. The average Bonchev–Trinajstić information content (AvgIpc) is 3.24. The first-order valence-corrected chi connectivity index (χ1v) is 10.6. The smallest absolute Gasteiger partial charge is 0.191 e. The van der Waals surface area contributed by atoms with Gasteiger partial charge in [0.2, 0.25) is 0 Å². The lowest BCUT2D eigenvalue weighted by molar-refractivity contribution is 0.171. The van der Waals surface area contributed by atoms with E-state index in [1.165, 1.54) is 31.5 Å². The zero-order valence-electron chi connectivity index (χ0n) is 18.1. The molecule has 1 aliphatic rings. The second-order valence-electron chi connectivity index (χ2n) is 7.42. The van der Waals surface area contributed by atoms with Crippen molar-refractivity contribution < 1.29 is 9.47 Å². The molecule has 0 aromatic heterocycles. The van der Waals surface area contributed by atoms with E-state index in [0.717, 1.165) is 36.7 Å². The van der Waals surface area contributed by atoms with Gasteiger partial charge in [-0.1, -0.05) is 19.1 Å². The fourth-order valence-corrected chi connectivity index (χ4v) is 3.58. The third-order valence-electron chi connectivity index (χ3n) is 5.28. The molecule has 0 spiro atoms. The number of nitrogens with one attached hydrogen (secondary N) is 2. The number of benzene rings is 1. The van der Waals surface area contributed by atoms with Crippen molar-refractivity contribution in [1.29, 1.82) is 0 Å². The van der Waals surface area contributed by atoms with Crippen LogP contribution in [0.25, 0.3) is 0 Å². The zero-order valence-corrected chi connectivity index (χ0v) is 18.1. The van der Waals surface area contributed by atoms with Crippen molar-refractivity contribution in [3.63, 3.8) is 0 Å². The summed E-state index contributed by atoms with van der Waals surface area (Å²) in [6, 6.07) is 6.91. The molecule has 0 amide bonds. The molecular formula is C22H38N4O2. The summed E-state index contributed by atoms with van der Waals surface area (Å²) in [6.07, 6.45) is 4.69. The van der Waals surface area contributed by atoms with Crippen molar-refractivity contribution in [3.8, 4) is 5.75 Å². The largest absolute Gasteiger partial charge is 0.493 e. The summed E-state index contributed by atoms with van der Waals surface area (Å²) in [5.74, 6) is 1.77. The summed E-state index contributed by atoms with van der Waals surface area (Å²) in [4.78, 5) is 6.98. The van der Waals surface area contributed by atoms with Crippen LogP contribution in [0.1, 0.15) is 43.7 Å². The van der Waals surface area contributed by atoms with Gasteiger partial charge in [-0.05, 0) is 50.9 Å². The molecule has 1 aromatic rings. The normalized spacial score (nSPS) is 16.2. The highest BCUT2D eigenvalue weighted by atomic mass is 16.5. The van der Waals surface area contributed by atoms with E-state index in [0.29, 0.717) is 25.8 Å². The first kappa shape index (κ1) is 22.5. The molecule has 1 saturated heterocycles. The fraction of sp³-hybridized carbons (Fsp3) is 0.682. The highest BCUT2D eigenvalue weighted by Crippen LogP contribution is 2.20. The summed E-state index contributed by atoms with van der Waals surface area (Å²) in [7, 11) is 3.54. The molecular weight excluding hydrogens is 352 g/mol. The van der Waals surface area contributed by atoms with Crippen LogP contribution in [0.3, 0.4) is 0 Å². The molecule has 158 valence electrons. The third kappa shape index (κ3) is 7.32. The van der Waals surface area contributed by atoms with Gasteiger partial charge in [-0.25, -0.2) is 0 Å². The number of hydrogen-bond acceptors (Lipinski definition) is 4. The Hall–Kier alpha value is -1.79. The van der Waals surface area contributed by atoms with Crippen LogP contribution in [0, 0.1) is 6.92 Å². The quantitative estimate of drug-likeness (QED) is 0.346. The van der Waals surface area contributed by atoms with Crippen LogP contribution in [-0.2, 0) is 11.3 Å². The Morgan fingerprint density at radius 2 is 2.00 bits per heavy atom. The van der Waals surface area contributed by atoms with Crippen molar-refractivity contribution in [2.75, 3.05) is 47.0 Å². The van der Waals surface area contributed by atoms with E-state index >= 15 is 0 Å². The predicted octanol–water partition coefficient (Wildman–Crippen LogP) is 2.95. The number of nitrogens with zero attached hydrogens (tertiary/aromatic N) is 2. The number of guanidine groups is 1. The van der Waals surface area contributed by atoms with Gasteiger partial charge in [0.05, 0.1) is 6.61 Å². The van der Waals surface area contributed by atoms with Crippen LogP contribution in [-0.4, -0.2) is 63.9 Å². The summed E-state index contributed by atoms with van der Waals surface area (Å²) < 4.78 is 11.1. The van der Waals surface area contributed by atoms with Gasteiger partial charge in [-0.3, -0.25) is 9.89 Å². The van der Waals surface area contributed by atoms with E-state index in [-0.39, 0.29) is 0 Å². The summed E-state index contributed by atoms with van der Waals surface area (Å²) in [5.41, 5.74) is 2.34. The molecule has 0 aliphatic carbocycles. The Morgan fingerprint density at radius 1 is 1.21 bits per heavy atom. The van der Waals surface area contributed by atoms with Crippen molar-refractivity contribution in [3.05, 3.63) is 29.3 Å². The van der Waals surface area contributed by atoms with Crippen LogP contribution in [0.5, 0.6) is 5.75 Å². The van der Waals surface area contributed by atoms with Gasteiger partial charge < -0.3 is 20.1 Å². The van der Waals surface area contributed by atoms with Crippen molar-refractivity contribution >= 4 is 5.96 Å². The van der Waals surface area contributed by atoms with Crippen molar-refractivity contribution in [2.45, 2.75) is 52.1 Å². The summed E-state index contributed by atoms with van der Waals surface area (Å²) in [5, 5.41) is 6.93. The molecule has 1 aliphatic heterocycles. The van der Waals surface area contributed by atoms with Crippen LogP contribution in [0.4, 0.5) is 0 Å². The van der Waals surface area contributed by atoms with Crippen molar-refractivity contribution in [2.24, 2.45) is 4.99 Å². The first-order chi connectivity index (χ1) is 13.7.